The Kier molecular flexibility index (Phi) is 7.84. The zero-order valence-corrected chi connectivity index (χ0v) is 21.7. The summed E-state index contributed by atoms with van der Waals surface area (Å²) < 4.78 is 2.27. The number of imidazole rings is 1. The third-order valence-electron chi connectivity index (χ3n) is 7.15. The molecule has 2 aromatic heterocycles. The molecule has 0 aliphatic carbocycles. The molecule has 1 aliphatic rings. The molecule has 5 rings (SSSR count). The van der Waals surface area contributed by atoms with Crippen molar-refractivity contribution >= 4 is 33.8 Å². The first-order valence-corrected chi connectivity index (χ1v) is 13.5. The van der Waals surface area contributed by atoms with Crippen molar-refractivity contribution in [3.05, 3.63) is 65.5 Å². The van der Waals surface area contributed by atoms with Crippen LogP contribution in [-0.2, 0) is 26.1 Å². The number of nitrogen functional groups attached to an aromatic ring is 1. The highest BCUT2D eigenvalue weighted by Crippen LogP contribution is 2.29. The number of urea groups is 1. The van der Waals surface area contributed by atoms with Crippen LogP contribution in [0.5, 0.6) is 0 Å². The van der Waals surface area contributed by atoms with E-state index in [1.165, 1.54) is 31.5 Å². The highest BCUT2D eigenvalue weighted by Gasteiger charge is 2.16. The van der Waals surface area contributed by atoms with E-state index in [0.717, 1.165) is 65.7 Å². The van der Waals surface area contributed by atoms with Gasteiger partial charge >= 0.3 is 6.03 Å². The molecule has 1 saturated heterocycles. The van der Waals surface area contributed by atoms with Gasteiger partial charge in [-0.25, -0.2) is 14.8 Å². The number of nitrogens with one attached hydrogen (secondary N) is 2. The Hall–Kier alpha value is -3.65. The van der Waals surface area contributed by atoms with Gasteiger partial charge in [-0.05, 0) is 56.0 Å². The maximum atomic E-state index is 12.4. The number of carbonyl (C=O) groups is 1. The third-order valence-corrected chi connectivity index (χ3v) is 7.15. The van der Waals surface area contributed by atoms with Gasteiger partial charge in [0, 0.05) is 38.0 Å². The standard InChI is InChI=1S/C29H37N7O/c1-2-25-34-26-27(23-12-3-4-13-24(23)33-28(26)30)36(25)17-6-5-14-31-29(37)32-19-21-10-9-11-22(18-21)20-35-15-7-8-16-35/h3-4,9-13,18H,2,5-8,14-17,19-20H2,1H3,(H2,30,33)(H2,31,32,37). The van der Waals surface area contributed by atoms with Gasteiger partial charge in [-0.3, -0.25) is 4.90 Å². The van der Waals surface area contributed by atoms with E-state index in [0.29, 0.717) is 18.9 Å². The Balaban J connectivity index is 1.11. The van der Waals surface area contributed by atoms with Crippen molar-refractivity contribution in [3.8, 4) is 0 Å². The molecule has 4 N–H and O–H groups in total. The van der Waals surface area contributed by atoms with Crippen LogP contribution >= 0.6 is 0 Å². The number of aryl methyl sites for hydroxylation is 2. The number of likely N-dealkylation sites (tertiary alicyclic amines) is 1. The zero-order valence-electron chi connectivity index (χ0n) is 21.7. The van der Waals surface area contributed by atoms with Gasteiger partial charge in [0.25, 0.3) is 0 Å². The number of aromatic nitrogens is 3. The molecule has 1 fully saturated rings. The van der Waals surface area contributed by atoms with Crippen LogP contribution < -0.4 is 16.4 Å². The molecule has 0 radical (unpaired) electrons. The van der Waals surface area contributed by atoms with Gasteiger partial charge in [0.1, 0.15) is 11.3 Å². The number of pyridine rings is 1. The van der Waals surface area contributed by atoms with E-state index in [-0.39, 0.29) is 6.03 Å². The number of anilines is 1. The van der Waals surface area contributed by atoms with E-state index in [9.17, 15) is 4.79 Å². The second kappa shape index (κ2) is 11.6. The maximum Gasteiger partial charge on any atom is 0.315 e. The van der Waals surface area contributed by atoms with Crippen molar-refractivity contribution in [3.63, 3.8) is 0 Å². The van der Waals surface area contributed by atoms with Gasteiger partial charge in [-0.1, -0.05) is 49.4 Å². The number of amides is 2. The summed E-state index contributed by atoms with van der Waals surface area (Å²) in [6.45, 7) is 7.44. The largest absolute Gasteiger partial charge is 0.382 e. The molecule has 0 bridgehead atoms. The lowest BCUT2D eigenvalue weighted by molar-refractivity contribution is 0.240. The molecule has 3 heterocycles. The minimum atomic E-state index is -0.128. The van der Waals surface area contributed by atoms with Crippen LogP contribution in [0.3, 0.4) is 0 Å². The lowest BCUT2D eigenvalue weighted by Crippen LogP contribution is -2.35. The van der Waals surface area contributed by atoms with E-state index in [4.69, 9.17) is 10.7 Å². The molecule has 0 atom stereocenters. The Bertz CT molecular complexity index is 1370. The molecule has 0 saturated carbocycles. The average molecular weight is 500 g/mol. The quantitative estimate of drug-likeness (QED) is 0.277. The summed E-state index contributed by atoms with van der Waals surface area (Å²) in [5.41, 5.74) is 11.4. The van der Waals surface area contributed by atoms with Gasteiger partial charge in [0.2, 0.25) is 0 Å². The molecule has 4 aromatic rings. The summed E-state index contributed by atoms with van der Waals surface area (Å²) in [5.74, 6) is 1.49. The Morgan fingerprint density at radius 2 is 1.81 bits per heavy atom. The van der Waals surface area contributed by atoms with Gasteiger partial charge in [0.05, 0.1) is 11.0 Å². The van der Waals surface area contributed by atoms with E-state index in [1.807, 2.05) is 18.2 Å². The first-order chi connectivity index (χ1) is 18.1. The highest BCUT2D eigenvalue weighted by molar-refractivity contribution is 6.06. The fourth-order valence-corrected chi connectivity index (χ4v) is 5.29. The van der Waals surface area contributed by atoms with Crippen LogP contribution in [0.25, 0.3) is 21.9 Å². The van der Waals surface area contributed by atoms with Crippen LogP contribution in [0.15, 0.2) is 48.5 Å². The molecule has 2 amide bonds. The minimum absolute atomic E-state index is 0.128. The monoisotopic (exact) mass is 499 g/mol. The molecule has 8 nitrogen and oxygen atoms in total. The number of unbranched alkanes of at least 4 members (excludes halogenated alkanes) is 1. The molecule has 194 valence electrons. The molecule has 0 unspecified atom stereocenters. The minimum Gasteiger partial charge on any atom is -0.382 e. The summed E-state index contributed by atoms with van der Waals surface area (Å²) in [6, 6.07) is 16.5. The fourth-order valence-electron chi connectivity index (χ4n) is 5.29. The molecular formula is C29H37N7O. The average Bonchev–Trinajstić information content (AvgIpc) is 3.56. The lowest BCUT2D eigenvalue weighted by atomic mass is 10.1. The summed E-state index contributed by atoms with van der Waals surface area (Å²) in [4.78, 5) is 24.2. The highest BCUT2D eigenvalue weighted by atomic mass is 16.2. The van der Waals surface area contributed by atoms with Gasteiger partial charge in [-0.2, -0.15) is 0 Å². The Labute approximate surface area is 218 Å². The van der Waals surface area contributed by atoms with Crippen molar-refractivity contribution in [2.75, 3.05) is 25.4 Å². The van der Waals surface area contributed by atoms with E-state index >= 15 is 0 Å². The first-order valence-electron chi connectivity index (χ1n) is 13.5. The number of para-hydroxylation sites is 1. The lowest BCUT2D eigenvalue weighted by Gasteiger charge is -2.15. The van der Waals surface area contributed by atoms with E-state index < -0.39 is 0 Å². The number of hydrogen-bond donors (Lipinski definition) is 3. The van der Waals surface area contributed by atoms with Crippen molar-refractivity contribution in [2.24, 2.45) is 0 Å². The zero-order chi connectivity index (χ0) is 25.6. The number of nitrogens with zero attached hydrogens (tertiary/aromatic N) is 4. The second-order valence-electron chi connectivity index (χ2n) is 9.86. The van der Waals surface area contributed by atoms with Crippen LogP contribution in [0, 0.1) is 0 Å². The van der Waals surface area contributed by atoms with Crippen LogP contribution in [0.2, 0.25) is 0 Å². The van der Waals surface area contributed by atoms with E-state index in [2.05, 4.69) is 62.3 Å². The van der Waals surface area contributed by atoms with Gasteiger partial charge in [-0.15, -0.1) is 0 Å². The Morgan fingerprint density at radius 1 is 1.00 bits per heavy atom. The molecular weight excluding hydrogens is 462 g/mol. The topological polar surface area (TPSA) is 101 Å². The fraction of sp³-hybridized carbons (Fsp3) is 0.414. The summed E-state index contributed by atoms with van der Waals surface area (Å²) in [6.07, 6.45) is 5.21. The molecule has 1 aliphatic heterocycles. The predicted molar refractivity (Wildman–Crippen MR) is 149 cm³/mol. The van der Waals surface area contributed by atoms with Crippen LogP contribution in [0.4, 0.5) is 10.6 Å². The summed E-state index contributed by atoms with van der Waals surface area (Å²) >= 11 is 0. The number of nitrogens with two attached hydrogens (primary N) is 1. The smallest absolute Gasteiger partial charge is 0.315 e. The SMILES string of the molecule is CCc1nc2c(N)nc3ccccc3c2n1CCCCNC(=O)NCc1cccc(CN2CCCC2)c1. The second-order valence-corrected chi connectivity index (χ2v) is 9.86. The number of carbonyl (C=O) groups excluding carboxylic acids is 1. The van der Waals surface area contributed by atoms with E-state index in [1.54, 1.807) is 0 Å². The number of hydrogen-bond acceptors (Lipinski definition) is 5. The van der Waals surface area contributed by atoms with Crippen LogP contribution in [0.1, 0.15) is 49.6 Å². The molecule has 8 heteroatoms. The van der Waals surface area contributed by atoms with Crippen molar-refractivity contribution in [1.82, 2.24) is 30.1 Å². The number of benzene rings is 2. The maximum absolute atomic E-state index is 12.4. The first kappa shape index (κ1) is 25.0. The van der Waals surface area contributed by atoms with Crippen LogP contribution in [-0.4, -0.2) is 45.1 Å². The molecule has 37 heavy (non-hydrogen) atoms. The summed E-state index contributed by atoms with van der Waals surface area (Å²) in [5, 5.41) is 7.06. The number of fused-ring (bicyclic) bond motifs is 3. The van der Waals surface area contributed by atoms with Gasteiger partial charge < -0.3 is 20.9 Å². The molecule has 2 aromatic carbocycles. The third kappa shape index (κ3) is 5.85. The van der Waals surface area contributed by atoms with Gasteiger partial charge in [0.15, 0.2) is 5.82 Å². The van der Waals surface area contributed by atoms with Crippen molar-refractivity contribution in [2.45, 2.75) is 58.7 Å². The van der Waals surface area contributed by atoms with Crippen molar-refractivity contribution in [1.29, 1.82) is 0 Å². The summed E-state index contributed by atoms with van der Waals surface area (Å²) in [7, 11) is 0. The Morgan fingerprint density at radius 3 is 2.65 bits per heavy atom. The predicted octanol–water partition coefficient (Wildman–Crippen LogP) is 4.60. The molecule has 0 spiro atoms. The number of rotatable bonds is 10. The normalized spacial score (nSPS) is 14.0. The van der Waals surface area contributed by atoms with Crippen molar-refractivity contribution < 1.29 is 4.79 Å².